The number of halogens is 1. The van der Waals surface area contributed by atoms with Gasteiger partial charge in [0.1, 0.15) is 5.69 Å². The molecule has 198 valence electrons. The Morgan fingerprint density at radius 2 is 1.54 bits per heavy atom. The average molecular weight is 558 g/mol. The lowest BCUT2D eigenvalue weighted by Gasteiger charge is -2.19. The van der Waals surface area contributed by atoms with Crippen LogP contribution in [0, 0.1) is 0 Å². The first-order valence-electron chi connectivity index (χ1n) is 12.4. The first-order valence-corrected chi connectivity index (χ1v) is 14.3. The van der Waals surface area contributed by atoms with Crippen molar-refractivity contribution in [1.82, 2.24) is 4.98 Å². The molecule has 0 unspecified atom stereocenters. The minimum Gasteiger partial charge on any atom is -0.350 e. The summed E-state index contributed by atoms with van der Waals surface area (Å²) in [5.41, 5.74) is 4.46. The van der Waals surface area contributed by atoms with Crippen molar-refractivity contribution in [1.29, 1.82) is 0 Å². The molecule has 1 heterocycles. The van der Waals surface area contributed by atoms with Gasteiger partial charge in [0.25, 0.3) is 15.9 Å². The van der Waals surface area contributed by atoms with Gasteiger partial charge in [-0.1, -0.05) is 80.9 Å². The van der Waals surface area contributed by atoms with Gasteiger partial charge in [-0.25, -0.2) is 8.42 Å². The minimum atomic E-state index is -3.83. The second-order valence-corrected chi connectivity index (χ2v) is 12.5. The van der Waals surface area contributed by atoms with Crippen molar-refractivity contribution in [2.24, 2.45) is 0 Å². The van der Waals surface area contributed by atoms with Gasteiger partial charge in [0.15, 0.2) is 0 Å². The fourth-order valence-corrected chi connectivity index (χ4v) is 5.68. The summed E-state index contributed by atoms with van der Waals surface area (Å²) >= 11 is 6.09. The molecule has 0 aliphatic rings. The highest BCUT2D eigenvalue weighted by atomic mass is 35.5. The monoisotopic (exact) mass is 557 g/mol. The number of fused-ring (bicyclic) bond motifs is 1. The summed E-state index contributed by atoms with van der Waals surface area (Å²) < 4.78 is 29.1. The van der Waals surface area contributed by atoms with E-state index in [0.717, 1.165) is 11.1 Å². The summed E-state index contributed by atoms with van der Waals surface area (Å²) in [5.74, 6) is -0.339. The Morgan fingerprint density at radius 3 is 2.21 bits per heavy atom. The van der Waals surface area contributed by atoms with E-state index >= 15 is 0 Å². The summed E-state index contributed by atoms with van der Waals surface area (Å²) in [4.78, 5) is 16.8. The first-order chi connectivity index (χ1) is 18.5. The largest absolute Gasteiger partial charge is 0.350 e. The molecule has 0 bridgehead atoms. The van der Waals surface area contributed by atoms with Gasteiger partial charge in [-0.2, -0.15) is 0 Å². The molecule has 0 saturated heterocycles. The Bertz CT molecular complexity index is 1770. The summed E-state index contributed by atoms with van der Waals surface area (Å²) in [5, 5.41) is 4.11. The van der Waals surface area contributed by atoms with Crippen molar-refractivity contribution in [3.63, 3.8) is 0 Å². The van der Waals surface area contributed by atoms with Gasteiger partial charge in [0.05, 0.1) is 4.90 Å². The van der Waals surface area contributed by atoms with E-state index in [1.54, 1.807) is 54.6 Å². The number of aromatic amines is 1. The Kier molecular flexibility index (Phi) is 6.97. The fourth-order valence-electron chi connectivity index (χ4n) is 4.44. The van der Waals surface area contributed by atoms with Crippen molar-refractivity contribution in [3.05, 3.63) is 113 Å². The molecule has 0 fully saturated rings. The molecule has 39 heavy (non-hydrogen) atoms. The third-order valence-corrected chi connectivity index (χ3v) is 8.09. The Hall–Kier alpha value is -4.07. The predicted octanol–water partition coefficient (Wildman–Crippen LogP) is 7.84. The van der Waals surface area contributed by atoms with Crippen molar-refractivity contribution in [3.8, 4) is 11.1 Å². The maximum atomic E-state index is 13.4. The maximum Gasteiger partial charge on any atom is 0.272 e. The van der Waals surface area contributed by atoms with Crippen LogP contribution in [0.15, 0.2) is 102 Å². The molecule has 0 aliphatic carbocycles. The van der Waals surface area contributed by atoms with E-state index in [1.807, 2.05) is 42.5 Å². The number of rotatable bonds is 6. The zero-order chi connectivity index (χ0) is 27.8. The number of anilines is 2. The molecule has 8 heteroatoms. The van der Waals surface area contributed by atoms with Crippen molar-refractivity contribution >= 4 is 49.8 Å². The van der Waals surface area contributed by atoms with E-state index in [4.69, 9.17) is 11.6 Å². The summed E-state index contributed by atoms with van der Waals surface area (Å²) in [7, 11) is -3.83. The number of carbonyl (C=O) groups is 1. The molecule has 1 amide bonds. The molecule has 0 saturated carbocycles. The van der Waals surface area contributed by atoms with Crippen LogP contribution in [0.25, 0.3) is 22.0 Å². The highest BCUT2D eigenvalue weighted by Crippen LogP contribution is 2.35. The third kappa shape index (κ3) is 5.70. The van der Waals surface area contributed by atoms with Gasteiger partial charge < -0.3 is 10.3 Å². The molecule has 0 aliphatic heterocycles. The second kappa shape index (κ2) is 10.2. The van der Waals surface area contributed by atoms with Crippen molar-refractivity contribution in [2.75, 3.05) is 10.0 Å². The van der Waals surface area contributed by atoms with Crippen LogP contribution in [0.2, 0.25) is 5.02 Å². The first kappa shape index (κ1) is 26.5. The standard InChI is InChI=1S/C31H28ClN3O3S/c1-31(2,3)21-12-15-25(16-13-21)39(37,38)35-24-14-17-27-26(19-24)28(20-8-5-4-6-9-20)29(34-27)30(36)33-23-11-7-10-22(32)18-23/h4-19,34-35H,1-3H3,(H,33,36). The quantitative estimate of drug-likeness (QED) is 0.198. The van der Waals surface area contributed by atoms with Crippen LogP contribution in [0.5, 0.6) is 0 Å². The van der Waals surface area contributed by atoms with Gasteiger partial charge in [-0.05, 0) is 65.1 Å². The third-order valence-electron chi connectivity index (χ3n) is 6.45. The Labute approximate surface area is 233 Å². The maximum absolute atomic E-state index is 13.4. The van der Waals surface area contributed by atoms with Crippen molar-refractivity contribution in [2.45, 2.75) is 31.1 Å². The van der Waals surface area contributed by atoms with E-state index in [0.29, 0.717) is 38.6 Å². The molecule has 3 N–H and O–H groups in total. The number of benzene rings is 4. The molecule has 0 spiro atoms. The summed E-state index contributed by atoms with van der Waals surface area (Å²) in [6.45, 7) is 6.23. The van der Waals surface area contributed by atoms with Crippen LogP contribution in [0.3, 0.4) is 0 Å². The van der Waals surface area contributed by atoms with Crippen molar-refractivity contribution < 1.29 is 13.2 Å². The van der Waals surface area contributed by atoms with E-state index in [2.05, 4.69) is 35.8 Å². The van der Waals surface area contributed by atoms with Gasteiger partial charge in [-0.15, -0.1) is 0 Å². The molecule has 4 aromatic carbocycles. The van der Waals surface area contributed by atoms with E-state index < -0.39 is 10.0 Å². The summed E-state index contributed by atoms with van der Waals surface area (Å²) in [6.07, 6.45) is 0. The zero-order valence-electron chi connectivity index (χ0n) is 21.7. The highest BCUT2D eigenvalue weighted by molar-refractivity contribution is 7.92. The van der Waals surface area contributed by atoms with Crippen LogP contribution in [0.4, 0.5) is 11.4 Å². The zero-order valence-corrected chi connectivity index (χ0v) is 23.3. The smallest absolute Gasteiger partial charge is 0.272 e. The Balaban J connectivity index is 1.53. The average Bonchev–Trinajstić information content (AvgIpc) is 3.27. The van der Waals surface area contributed by atoms with E-state index in [-0.39, 0.29) is 16.2 Å². The molecular weight excluding hydrogens is 530 g/mol. The van der Waals surface area contributed by atoms with Crippen LogP contribution in [0.1, 0.15) is 36.8 Å². The van der Waals surface area contributed by atoms with Crippen LogP contribution < -0.4 is 10.0 Å². The summed E-state index contributed by atoms with van der Waals surface area (Å²) in [6, 6.07) is 28.5. The van der Waals surface area contributed by atoms with E-state index in [1.165, 1.54) is 0 Å². The van der Waals surface area contributed by atoms with Gasteiger partial charge >= 0.3 is 0 Å². The number of hydrogen-bond donors (Lipinski definition) is 3. The fraction of sp³-hybridized carbons (Fsp3) is 0.129. The lowest BCUT2D eigenvalue weighted by molar-refractivity contribution is 0.102. The number of amides is 1. The molecule has 1 aromatic heterocycles. The normalized spacial score (nSPS) is 11.9. The number of carbonyl (C=O) groups excluding carboxylic acids is 1. The number of aromatic nitrogens is 1. The minimum absolute atomic E-state index is 0.0837. The topological polar surface area (TPSA) is 91.1 Å². The molecule has 5 rings (SSSR count). The molecule has 0 atom stereocenters. The van der Waals surface area contributed by atoms with Crippen LogP contribution in [-0.4, -0.2) is 19.3 Å². The van der Waals surface area contributed by atoms with Gasteiger partial charge in [0.2, 0.25) is 0 Å². The van der Waals surface area contributed by atoms with Crippen LogP contribution in [-0.2, 0) is 15.4 Å². The molecule has 0 radical (unpaired) electrons. The number of H-pyrrole nitrogens is 1. The van der Waals surface area contributed by atoms with Crippen LogP contribution >= 0.6 is 11.6 Å². The molecule has 5 aromatic rings. The van der Waals surface area contributed by atoms with E-state index in [9.17, 15) is 13.2 Å². The molecule has 6 nitrogen and oxygen atoms in total. The Morgan fingerprint density at radius 1 is 0.821 bits per heavy atom. The number of sulfonamides is 1. The lowest BCUT2D eigenvalue weighted by atomic mass is 9.87. The van der Waals surface area contributed by atoms with Gasteiger partial charge in [-0.3, -0.25) is 9.52 Å². The SMILES string of the molecule is CC(C)(C)c1ccc(S(=O)(=O)Nc2ccc3[nH]c(C(=O)Nc4cccc(Cl)c4)c(-c4ccccc4)c3c2)cc1. The lowest BCUT2D eigenvalue weighted by Crippen LogP contribution is -2.14. The number of nitrogens with one attached hydrogen (secondary N) is 3. The molecular formula is C31H28ClN3O3S. The highest BCUT2D eigenvalue weighted by Gasteiger charge is 2.22. The second-order valence-electron chi connectivity index (χ2n) is 10.3. The van der Waals surface area contributed by atoms with Gasteiger partial charge in [0, 0.05) is 32.9 Å². The predicted molar refractivity (Wildman–Crippen MR) is 159 cm³/mol. The number of hydrogen-bond acceptors (Lipinski definition) is 3.